The second-order valence-electron chi connectivity index (χ2n) is 7.89. The zero-order valence-electron chi connectivity index (χ0n) is 16.0. The van der Waals surface area contributed by atoms with Crippen LogP contribution < -0.4 is 4.90 Å². The lowest BCUT2D eigenvalue weighted by atomic mass is 9.72. The molecule has 6 nitrogen and oxygen atoms in total. The van der Waals surface area contributed by atoms with Crippen LogP contribution in [0.2, 0.25) is 0 Å². The number of carbonyl (C=O) groups is 1. The molecule has 4 rings (SSSR count). The lowest BCUT2D eigenvalue weighted by Gasteiger charge is -2.47. The van der Waals surface area contributed by atoms with Crippen LogP contribution in [0.5, 0.6) is 0 Å². The van der Waals surface area contributed by atoms with Gasteiger partial charge in [-0.1, -0.05) is 6.07 Å². The standard InChI is InChI=1S/C22H25N5O/c23-15-18-4-5-20(25-16-18)26-13-9-22(10-14-26)8-6-21(28)27(17-22)12-7-19-3-1-2-11-24-19/h1-5,11,16H,6-10,12-14,17H2. The summed E-state index contributed by atoms with van der Waals surface area (Å²) in [4.78, 5) is 25.6. The summed E-state index contributed by atoms with van der Waals surface area (Å²) < 4.78 is 0. The third kappa shape index (κ3) is 3.99. The lowest BCUT2D eigenvalue weighted by molar-refractivity contribution is -0.138. The Balaban J connectivity index is 1.36. The molecular formula is C22H25N5O. The summed E-state index contributed by atoms with van der Waals surface area (Å²) in [6.07, 6.45) is 8.03. The Morgan fingerprint density at radius 1 is 1.11 bits per heavy atom. The number of pyridine rings is 2. The number of rotatable bonds is 4. The van der Waals surface area contributed by atoms with Gasteiger partial charge in [0, 0.05) is 57.1 Å². The third-order valence-corrected chi connectivity index (χ3v) is 6.14. The highest BCUT2D eigenvalue weighted by Gasteiger charge is 2.41. The zero-order valence-corrected chi connectivity index (χ0v) is 16.0. The first-order valence-corrected chi connectivity index (χ1v) is 9.96. The van der Waals surface area contributed by atoms with Crippen molar-refractivity contribution in [2.45, 2.75) is 32.1 Å². The maximum Gasteiger partial charge on any atom is 0.222 e. The maximum absolute atomic E-state index is 12.4. The van der Waals surface area contributed by atoms with Gasteiger partial charge in [0.1, 0.15) is 11.9 Å². The summed E-state index contributed by atoms with van der Waals surface area (Å²) in [5, 5.41) is 8.93. The molecule has 144 valence electrons. The maximum atomic E-state index is 12.4. The van der Waals surface area contributed by atoms with Crippen LogP contribution in [0.4, 0.5) is 5.82 Å². The molecule has 2 saturated heterocycles. The highest BCUT2D eigenvalue weighted by atomic mass is 16.2. The van der Waals surface area contributed by atoms with E-state index < -0.39 is 0 Å². The van der Waals surface area contributed by atoms with Crippen molar-refractivity contribution in [3.8, 4) is 6.07 Å². The molecule has 2 aliphatic rings. The van der Waals surface area contributed by atoms with Gasteiger partial charge in [-0.15, -0.1) is 0 Å². The molecule has 0 unspecified atom stereocenters. The van der Waals surface area contributed by atoms with Gasteiger partial charge in [0.2, 0.25) is 5.91 Å². The molecule has 2 aliphatic heterocycles. The van der Waals surface area contributed by atoms with E-state index in [-0.39, 0.29) is 11.3 Å². The Bertz CT molecular complexity index is 851. The fourth-order valence-corrected chi connectivity index (χ4v) is 4.36. The van der Waals surface area contributed by atoms with E-state index in [1.807, 2.05) is 41.4 Å². The first kappa shape index (κ1) is 18.4. The number of nitriles is 1. The van der Waals surface area contributed by atoms with Crippen molar-refractivity contribution in [3.05, 3.63) is 54.0 Å². The van der Waals surface area contributed by atoms with E-state index in [9.17, 15) is 4.79 Å². The minimum atomic E-state index is 0.223. The van der Waals surface area contributed by atoms with E-state index in [1.165, 1.54) is 0 Å². The summed E-state index contributed by atoms with van der Waals surface area (Å²) in [5.41, 5.74) is 1.85. The first-order valence-electron chi connectivity index (χ1n) is 9.96. The van der Waals surface area contributed by atoms with Gasteiger partial charge >= 0.3 is 0 Å². The number of hydrogen-bond acceptors (Lipinski definition) is 5. The molecule has 0 bridgehead atoms. The van der Waals surface area contributed by atoms with Gasteiger partial charge in [-0.2, -0.15) is 5.26 Å². The van der Waals surface area contributed by atoms with Gasteiger partial charge in [-0.25, -0.2) is 4.98 Å². The normalized spacial score (nSPS) is 18.9. The predicted octanol–water partition coefficient (Wildman–Crippen LogP) is 2.80. The lowest BCUT2D eigenvalue weighted by Crippen LogP contribution is -2.52. The molecular weight excluding hydrogens is 350 g/mol. The number of aromatic nitrogens is 2. The van der Waals surface area contributed by atoms with E-state index in [2.05, 4.69) is 20.9 Å². The van der Waals surface area contributed by atoms with Crippen molar-refractivity contribution in [1.82, 2.24) is 14.9 Å². The predicted molar refractivity (Wildman–Crippen MR) is 107 cm³/mol. The Hall–Kier alpha value is -2.94. The molecule has 0 atom stereocenters. The van der Waals surface area contributed by atoms with E-state index in [0.29, 0.717) is 12.0 Å². The smallest absolute Gasteiger partial charge is 0.222 e. The number of piperidine rings is 2. The second-order valence-corrected chi connectivity index (χ2v) is 7.89. The Morgan fingerprint density at radius 3 is 2.64 bits per heavy atom. The summed E-state index contributed by atoms with van der Waals surface area (Å²) >= 11 is 0. The molecule has 1 spiro atoms. The molecule has 0 aromatic carbocycles. The average molecular weight is 375 g/mol. The molecule has 0 aliphatic carbocycles. The molecule has 2 aromatic rings. The van der Waals surface area contributed by atoms with E-state index >= 15 is 0 Å². The van der Waals surface area contributed by atoms with Gasteiger partial charge in [0.15, 0.2) is 0 Å². The van der Waals surface area contributed by atoms with Gasteiger partial charge < -0.3 is 9.80 Å². The molecule has 2 fully saturated rings. The molecule has 0 radical (unpaired) electrons. The first-order chi connectivity index (χ1) is 13.7. The topological polar surface area (TPSA) is 73.1 Å². The van der Waals surface area contributed by atoms with Crippen molar-refractivity contribution in [2.75, 3.05) is 31.1 Å². The second kappa shape index (κ2) is 7.97. The van der Waals surface area contributed by atoms with Gasteiger partial charge in [-0.3, -0.25) is 9.78 Å². The summed E-state index contributed by atoms with van der Waals surface area (Å²) in [7, 11) is 0. The number of hydrogen-bond donors (Lipinski definition) is 0. The SMILES string of the molecule is N#Cc1ccc(N2CCC3(CCC(=O)N(CCc4ccccn4)C3)CC2)nc1. The van der Waals surface area contributed by atoms with Crippen molar-refractivity contribution >= 4 is 11.7 Å². The Morgan fingerprint density at radius 2 is 1.96 bits per heavy atom. The Labute approximate surface area is 165 Å². The summed E-state index contributed by atoms with van der Waals surface area (Å²) in [5.74, 6) is 1.21. The van der Waals surface area contributed by atoms with Gasteiger partial charge in [0.25, 0.3) is 0 Å². The minimum absolute atomic E-state index is 0.223. The molecule has 28 heavy (non-hydrogen) atoms. The average Bonchev–Trinajstić information content (AvgIpc) is 2.76. The van der Waals surface area contributed by atoms with Crippen molar-refractivity contribution in [1.29, 1.82) is 5.26 Å². The molecule has 6 heteroatoms. The monoisotopic (exact) mass is 375 g/mol. The number of likely N-dealkylation sites (tertiary alicyclic amines) is 1. The van der Waals surface area contributed by atoms with Crippen molar-refractivity contribution in [2.24, 2.45) is 5.41 Å². The van der Waals surface area contributed by atoms with Crippen LogP contribution in [-0.2, 0) is 11.2 Å². The van der Waals surface area contributed by atoms with E-state index in [1.54, 1.807) is 6.20 Å². The fourth-order valence-electron chi connectivity index (χ4n) is 4.36. The Kier molecular flexibility index (Phi) is 5.25. The highest BCUT2D eigenvalue weighted by molar-refractivity contribution is 5.77. The third-order valence-electron chi connectivity index (χ3n) is 6.14. The van der Waals surface area contributed by atoms with E-state index in [4.69, 9.17) is 5.26 Å². The van der Waals surface area contributed by atoms with Crippen molar-refractivity contribution < 1.29 is 4.79 Å². The summed E-state index contributed by atoms with van der Waals surface area (Å²) in [6.45, 7) is 3.49. The van der Waals surface area contributed by atoms with Gasteiger partial charge in [0.05, 0.1) is 5.56 Å². The van der Waals surface area contributed by atoms with Crippen LogP contribution in [0, 0.1) is 16.7 Å². The number of anilines is 1. The molecule has 4 heterocycles. The largest absolute Gasteiger partial charge is 0.357 e. The molecule has 1 amide bonds. The molecule has 2 aromatic heterocycles. The highest BCUT2D eigenvalue weighted by Crippen LogP contribution is 2.40. The van der Waals surface area contributed by atoms with Crippen molar-refractivity contribution in [3.63, 3.8) is 0 Å². The van der Waals surface area contributed by atoms with Crippen LogP contribution in [0.15, 0.2) is 42.7 Å². The molecule has 0 N–H and O–H groups in total. The minimum Gasteiger partial charge on any atom is -0.357 e. The van der Waals surface area contributed by atoms with Crippen LogP contribution in [-0.4, -0.2) is 47.0 Å². The van der Waals surface area contributed by atoms with Crippen LogP contribution in [0.25, 0.3) is 0 Å². The van der Waals surface area contributed by atoms with E-state index in [0.717, 1.165) is 63.4 Å². The van der Waals surface area contributed by atoms with Crippen LogP contribution in [0.1, 0.15) is 36.9 Å². The number of amides is 1. The van der Waals surface area contributed by atoms with Crippen LogP contribution in [0.3, 0.4) is 0 Å². The summed E-state index contributed by atoms with van der Waals surface area (Å²) in [6, 6.07) is 11.8. The quantitative estimate of drug-likeness (QED) is 0.822. The fraction of sp³-hybridized carbons (Fsp3) is 0.455. The molecule has 0 saturated carbocycles. The number of carbonyl (C=O) groups excluding carboxylic acids is 1. The zero-order chi connectivity index (χ0) is 19.4. The number of nitrogens with zero attached hydrogens (tertiary/aromatic N) is 5. The van der Waals surface area contributed by atoms with Gasteiger partial charge in [-0.05, 0) is 48.9 Å². The van der Waals surface area contributed by atoms with Crippen LogP contribution >= 0.6 is 0 Å².